The van der Waals surface area contributed by atoms with Crippen LogP contribution in [-0.2, 0) is 22.9 Å². The molecule has 138 valence electrons. The number of nitrogens with two attached hydrogens (primary N) is 1. The van der Waals surface area contributed by atoms with Crippen LogP contribution in [0.1, 0.15) is 47.4 Å². The third-order valence-electron chi connectivity index (χ3n) is 4.92. The van der Waals surface area contributed by atoms with Gasteiger partial charge in [-0.25, -0.2) is 22.7 Å². The molecule has 1 atom stereocenters. The molecule has 1 aliphatic heterocycles. The second-order valence-corrected chi connectivity index (χ2v) is 8.88. The third kappa shape index (κ3) is 4.27. The summed E-state index contributed by atoms with van der Waals surface area (Å²) in [5.41, 5.74) is 7.90. The molecule has 1 saturated heterocycles. The molecule has 0 saturated carbocycles. The zero-order valence-electron chi connectivity index (χ0n) is 14.5. The Morgan fingerprint density at radius 2 is 2.04 bits per heavy atom. The van der Waals surface area contributed by atoms with E-state index in [1.165, 1.54) is 10.6 Å². The predicted molar refractivity (Wildman–Crippen MR) is 94.6 cm³/mol. The Morgan fingerprint density at radius 3 is 2.80 bits per heavy atom. The highest BCUT2D eigenvalue weighted by atomic mass is 32.2. The van der Waals surface area contributed by atoms with Gasteiger partial charge in [0.05, 0.1) is 6.26 Å². The molecule has 8 nitrogen and oxygen atoms in total. The molecular weight excluding hydrogens is 342 g/mol. The van der Waals surface area contributed by atoms with Crippen molar-refractivity contribution < 1.29 is 13.2 Å². The molecule has 1 aromatic heterocycles. The molecule has 3 N–H and O–H groups in total. The van der Waals surface area contributed by atoms with Crippen molar-refractivity contribution >= 4 is 21.9 Å². The largest absolute Gasteiger partial charge is 0.368 e. The molecule has 2 heterocycles. The van der Waals surface area contributed by atoms with Crippen LogP contribution in [-0.4, -0.2) is 54.5 Å². The van der Waals surface area contributed by atoms with Crippen molar-refractivity contribution in [3.8, 4) is 0 Å². The Labute approximate surface area is 148 Å². The molecule has 0 spiro atoms. The number of anilines is 1. The number of sulfonamides is 1. The molecule has 3 rings (SSSR count). The van der Waals surface area contributed by atoms with Gasteiger partial charge in [0.1, 0.15) is 5.69 Å². The number of aromatic nitrogens is 2. The van der Waals surface area contributed by atoms with Gasteiger partial charge in [-0.05, 0) is 44.4 Å². The maximum atomic E-state index is 12.6. The Balaban J connectivity index is 1.66. The molecular formula is C16H25N5O3S. The number of piperidine rings is 1. The van der Waals surface area contributed by atoms with Crippen LogP contribution in [0.2, 0.25) is 0 Å². The van der Waals surface area contributed by atoms with E-state index < -0.39 is 10.0 Å². The van der Waals surface area contributed by atoms with Crippen LogP contribution < -0.4 is 11.1 Å². The minimum atomic E-state index is -3.18. The van der Waals surface area contributed by atoms with E-state index in [1.54, 1.807) is 0 Å². The number of hydrogen-bond acceptors (Lipinski definition) is 6. The molecule has 0 bridgehead atoms. The summed E-state index contributed by atoms with van der Waals surface area (Å²) in [4.78, 5) is 21.0. The summed E-state index contributed by atoms with van der Waals surface area (Å²) in [5.74, 6) is -0.00196. The van der Waals surface area contributed by atoms with Crippen molar-refractivity contribution in [1.29, 1.82) is 0 Å². The molecule has 0 aromatic carbocycles. The molecule has 9 heteroatoms. The zero-order chi connectivity index (χ0) is 18.0. The summed E-state index contributed by atoms with van der Waals surface area (Å²) in [6.45, 7) is 1.44. The summed E-state index contributed by atoms with van der Waals surface area (Å²) in [6.07, 6.45) is 6.63. The molecule has 1 aromatic rings. The fourth-order valence-electron chi connectivity index (χ4n) is 3.62. The van der Waals surface area contributed by atoms with Gasteiger partial charge in [0.15, 0.2) is 0 Å². The number of nitrogen functional groups attached to an aromatic ring is 1. The van der Waals surface area contributed by atoms with Crippen LogP contribution >= 0.6 is 0 Å². The lowest BCUT2D eigenvalue weighted by Crippen LogP contribution is -2.43. The lowest BCUT2D eigenvalue weighted by Gasteiger charge is -2.31. The van der Waals surface area contributed by atoms with Crippen molar-refractivity contribution in [2.45, 2.75) is 38.5 Å². The SMILES string of the molecule is CS(=O)(=O)N1CCCC(CNC(=O)c2nc(N)nc3c2CCCC3)C1. The fourth-order valence-corrected chi connectivity index (χ4v) is 4.56. The zero-order valence-corrected chi connectivity index (χ0v) is 15.3. The highest BCUT2D eigenvalue weighted by molar-refractivity contribution is 7.88. The quantitative estimate of drug-likeness (QED) is 0.792. The first kappa shape index (κ1) is 18.1. The second-order valence-electron chi connectivity index (χ2n) is 6.90. The predicted octanol–water partition coefficient (Wildman–Crippen LogP) is 0.339. The number of amides is 1. The average Bonchev–Trinajstić information content (AvgIpc) is 2.58. The van der Waals surface area contributed by atoms with Gasteiger partial charge in [0.2, 0.25) is 16.0 Å². The standard InChI is InChI=1S/C16H25N5O3S/c1-25(23,24)21-8-4-5-11(10-21)9-18-15(22)14-12-6-2-3-7-13(12)19-16(17)20-14/h11H,2-10H2,1H3,(H,18,22)(H2,17,19,20). The van der Waals surface area contributed by atoms with E-state index in [4.69, 9.17) is 5.73 Å². The van der Waals surface area contributed by atoms with E-state index in [1.807, 2.05) is 0 Å². The van der Waals surface area contributed by atoms with Gasteiger partial charge in [-0.1, -0.05) is 0 Å². The minimum Gasteiger partial charge on any atom is -0.368 e. The van der Waals surface area contributed by atoms with E-state index in [9.17, 15) is 13.2 Å². The third-order valence-corrected chi connectivity index (χ3v) is 6.19. The van der Waals surface area contributed by atoms with E-state index >= 15 is 0 Å². The molecule has 25 heavy (non-hydrogen) atoms. The average molecular weight is 367 g/mol. The maximum Gasteiger partial charge on any atom is 0.270 e. The molecule has 2 aliphatic rings. The summed E-state index contributed by atoms with van der Waals surface area (Å²) >= 11 is 0. The van der Waals surface area contributed by atoms with Crippen LogP contribution in [0, 0.1) is 5.92 Å². The fraction of sp³-hybridized carbons (Fsp3) is 0.688. The van der Waals surface area contributed by atoms with E-state index in [-0.39, 0.29) is 17.8 Å². The summed E-state index contributed by atoms with van der Waals surface area (Å²) < 4.78 is 24.9. The van der Waals surface area contributed by atoms with E-state index in [0.717, 1.165) is 49.8 Å². The molecule has 1 amide bonds. The van der Waals surface area contributed by atoms with Gasteiger partial charge in [-0.3, -0.25) is 4.79 Å². The highest BCUT2D eigenvalue weighted by Gasteiger charge is 2.27. The molecule has 1 aliphatic carbocycles. The summed E-state index contributed by atoms with van der Waals surface area (Å²) in [7, 11) is -3.18. The lowest BCUT2D eigenvalue weighted by molar-refractivity contribution is 0.0935. The molecule has 1 unspecified atom stereocenters. The number of hydrogen-bond donors (Lipinski definition) is 2. The van der Waals surface area contributed by atoms with Crippen molar-refractivity contribution in [1.82, 2.24) is 19.6 Å². The van der Waals surface area contributed by atoms with Gasteiger partial charge < -0.3 is 11.1 Å². The van der Waals surface area contributed by atoms with Crippen LogP contribution in [0.5, 0.6) is 0 Å². The Kier molecular flexibility index (Phi) is 5.24. The van der Waals surface area contributed by atoms with E-state index in [2.05, 4.69) is 15.3 Å². The molecule has 0 radical (unpaired) electrons. The van der Waals surface area contributed by atoms with Gasteiger partial charge in [-0.2, -0.15) is 0 Å². The van der Waals surface area contributed by atoms with Gasteiger partial charge in [-0.15, -0.1) is 0 Å². The van der Waals surface area contributed by atoms with Crippen molar-refractivity contribution in [2.75, 3.05) is 31.6 Å². The minimum absolute atomic E-state index is 0.113. The van der Waals surface area contributed by atoms with Crippen LogP contribution in [0.15, 0.2) is 0 Å². The number of fused-ring (bicyclic) bond motifs is 1. The molecule has 1 fully saturated rings. The first-order valence-corrected chi connectivity index (χ1v) is 10.6. The number of nitrogens with one attached hydrogen (secondary N) is 1. The van der Waals surface area contributed by atoms with Gasteiger partial charge in [0.25, 0.3) is 5.91 Å². The number of aryl methyl sites for hydroxylation is 1. The topological polar surface area (TPSA) is 118 Å². The Bertz CT molecular complexity index is 765. The number of rotatable bonds is 4. The first-order valence-electron chi connectivity index (χ1n) is 8.73. The highest BCUT2D eigenvalue weighted by Crippen LogP contribution is 2.23. The summed E-state index contributed by atoms with van der Waals surface area (Å²) in [5, 5.41) is 2.91. The summed E-state index contributed by atoms with van der Waals surface area (Å²) in [6, 6.07) is 0. The van der Waals surface area contributed by atoms with Crippen molar-refractivity contribution in [3.05, 3.63) is 17.0 Å². The lowest BCUT2D eigenvalue weighted by atomic mass is 9.94. The van der Waals surface area contributed by atoms with Gasteiger partial charge >= 0.3 is 0 Å². The normalized spacial score (nSPS) is 21.6. The van der Waals surface area contributed by atoms with Crippen LogP contribution in [0.3, 0.4) is 0 Å². The van der Waals surface area contributed by atoms with Crippen LogP contribution in [0.4, 0.5) is 5.95 Å². The van der Waals surface area contributed by atoms with Gasteiger partial charge in [0, 0.05) is 30.9 Å². The number of carbonyl (C=O) groups excluding carboxylic acids is 1. The smallest absolute Gasteiger partial charge is 0.270 e. The Morgan fingerprint density at radius 1 is 1.28 bits per heavy atom. The first-order chi connectivity index (χ1) is 11.8. The van der Waals surface area contributed by atoms with Crippen molar-refractivity contribution in [2.24, 2.45) is 5.92 Å². The second kappa shape index (κ2) is 7.25. The monoisotopic (exact) mass is 367 g/mol. The van der Waals surface area contributed by atoms with Crippen LogP contribution in [0.25, 0.3) is 0 Å². The van der Waals surface area contributed by atoms with Crippen molar-refractivity contribution in [3.63, 3.8) is 0 Å². The Hall–Kier alpha value is -1.74. The number of carbonyl (C=O) groups is 1. The van der Waals surface area contributed by atoms with E-state index in [0.29, 0.717) is 25.3 Å². The maximum absolute atomic E-state index is 12.6. The number of nitrogens with zero attached hydrogens (tertiary/aromatic N) is 3.